The third-order valence-corrected chi connectivity index (χ3v) is 6.20. The molecular formula is C29H24N2O4. The number of rotatable bonds is 5. The molecule has 4 aromatic rings. The minimum absolute atomic E-state index is 0.319. The van der Waals surface area contributed by atoms with Gasteiger partial charge in [0.1, 0.15) is 18.1 Å². The van der Waals surface area contributed by atoms with E-state index < -0.39 is 0 Å². The topological polar surface area (TPSA) is 72.6 Å². The first-order valence-electron chi connectivity index (χ1n) is 11.3. The number of para-hydroxylation sites is 1. The average Bonchev–Trinajstić information content (AvgIpc) is 3.19. The molecule has 0 saturated carbocycles. The van der Waals surface area contributed by atoms with Gasteiger partial charge in [0, 0.05) is 11.1 Å². The second kappa shape index (κ2) is 9.06. The summed E-state index contributed by atoms with van der Waals surface area (Å²) in [6.07, 6.45) is 1.82. The summed E-state index contributed by atoms with van der Waals surface area (Å²) < 4.78 is 11.1. The molecule has 174 valence electrons. The van der Waals surface area contributed by atoms with Crippen LogP contribution in [0.2, 0.25) is 0 Å². The third kappa shape index (κ3) is 4.15. The van der Waals surface area contributed by atoms with E-state index in [1.807, 2.05) is 87.5 Å². The van der Waals surface area contributed by atoms with Gasteiger partial charge in [-0.2, -0.15) is 0 Å². The number of hydrogen-bond donors (Lipinski definition) is 0. The van der Waals surface area contributed by atoms with Crippen molar-refractivity contribution in [3.8, 4) is 5.75 Å². The monoisotopic (exact) mass is 464 g/mol. The van der Waals surface area contributed by atoms with Crippen LogP contribution in [0.5, 0.6) is 5.75 Å². The molecule has 0 aliphatic carbocycles. The van der Waals surface area contributed by atoms with Crippen molar-refractivity contribution in [2.75, 3.05) is 4.90 Å². The maximum Gasteiger partial charge on any atom is 0.265 e. The Morgan fingerprint density at radius 3 is 2.23 bits per heavy atom. The molecule has 1 aliphatic rings. The maximum atomic E-state index is 13.6. The van der Waals surface area contributed by atoms with Crippen molar-refractivity contribution in [3.63, 3.8) is 0 Å². The van der Waals surface area contributed by atoms with Crippen LogP contribution in [0.15, 0.2) is 77.3 Å². The largest absolute Gasteiger partial charge is 0.489 e. The summed E-state index contributed by atoms with van der Waals surface area (Å²) in [4.78, 5) is 28.2. The van der Waals surface area contributed by atoms with E-state index >= 15 is 0 Å². The standard InChI is InChI=1S/C29H24N2O4/c1-18-8-4-7-11-27(18)31-28(32)24-10-6-5-9-23(24)25(29(31)33)16-21-12-14-22(15-13-21)34-17-26-19(2)30-35-20(26)3/h4-16H,17H2,1-3H3/b25-16-. The van der Waals surface area contributed by atoms with Gasteiger partial charge in [0.2, 0.25) is 0 Å². The van der Waals surface area contributed by atoms with Crippen molar-refractivity contribution < 1.29 is 18.8 Å². The molecule has 0 spiro atoms. The van der Waals surface area contributed by atoms with Crippen molar-refractivity contribution in [3.05, 3.63) is 112 Å². The van der Waals surface area contributed by atoms with Crippen LogP contribution in [0.25, 0.3) is 11.6 Å². The Kier molecular flexibility index (Phi) is 5.79. The molecule has 0 N–H and O–H groups in total. The highest BCUT2D eigenvalue weighted by Crippen LogP contribution is 2.34. The first-order chi connectivity index (χ1) is 16.9. The zero-order chi connectivity index (χ0) is 24.5. The van der Waals surface area contributed by atoms with Crippen LogP contribution in [0.3, 0.4) is 0 Å². The molecule has 2 heterocycles. The fourth-order valence-electron chi connectivity index (χ4n) is 4.22. The molecular weight excluding hydrogens is 440 g/mol. The molecule has 5 rings (SSSR count). The zero-order valence-corrected chi connectivity index (χ0v) is 19.7. The fraction of sp³-hybridized carbons (Fsp3) is 0.138. The van der Waals surface area contributed by atoms with E-state index in [1.54, 1.807) is 12.1 Å². The Hall–Kier alpha value is -4.45. The van der Waals surface area contributed by atoms with Crippen LogP contribution >= 0.6 is 0 Å². The Morgan fingerprint density at radius 1 is 0.857 bits per heavy atom. The van der Waals surface area contributed by atoms with Gasteiger partial charge in [0.25, 0.3) is 11.8 Å². The third-order valence-electron chi connectivity index (χ3n) is 6.20. The number of hydrogen-bond acceptors (Lipinski definition) is 5. The lowest BCUT2D eigenvalue weighted by Crippen LogP contribution is -2.42. The zero-order valence-electron chi connectivity index (χ0n) is 19.7. The quantitative estimate of drug-likeness (QED) is 0.271. The summed E-state index contributed by atoms with van der Waals surface area (Å²) in [5.41, 5.74) is 5.61. The number of aryl methyl sites for hydroxylation is 3. The molecule has 0 radical (unpaired) electrons. The van der Waals surface area contributed by atoms with Gasteiger partial charge in [0.15, 0.2) is 0 Å². The summed E-state index contributed by atoms with van der Waals surface area (Å²) in [7, 11) is 0. The van der Waals surface area contributed by atoms with E-state index in [4.69, 9.17) is 9.26 Å². The minimum atomic E-state index is -0.346. The molecule has 6 nitrogen and oxygen atoms in total. The summed E-state index contributed by atoms with van der Waals surface area (Å²) in [5, 5.41) is 3.95. The molecule has 0 unspecified atom stereocenters. The van der Waals surface area contributed by atoms with Crippen LogP contribution in [0.1, 0.15) is 44.1 Å². The number of carbonyl (C=O) groups is 2. The molecule has 0 saturated heterocycles. The summed E-state index contributed by atoms with van der Waals surface area (Å²) in [6, 6.07) is 22.1. The number of amides is 2. The van der Waals surface area contributed by atoms with E-state index in [-0.39, 0.29) is 11.8 Å². The van der Waals surface area contributed by atoms with Gasteiger partial charge in [-0.3, -0.25) is 9.59 Å². The number of carbonyl (C=O) groups excluding carboxylic acids is 2. The highest BCUT2D eigenvalue weighted by Gasteiger charge is 2.36. The number of ether oxygens (including phenoxy) is 1. The van der Waals surface area contributed by atoms with Crippen LogP contribution in [-0.2, 0) is 11.4 Å². The van der Waals surface area contributed by atoms with Crippen LogP contribution in [-0.4, -0.2) is 17.0 Å². The van der Waals surface area contributed by atoms with E-state index in [1.165, 1.54) is 4.90 Å². The van der Waals surface area contributed by atoms with Gasteiger partial charge in [-0.15, -0.1) is 0 Å². The van der Waals surface area contributed by atoms with Gasteiger partial charge in [-0.1, -0.05) is 53.7 Å². The molecule has 0 atom stereocenters. The molecule has 0 fully saturated rings. The molecule has 1 aliphatic heterocycles. The van der Waals surface area contributed by atoms with E-state index in [0.29, 0.717) is 34.7 Å². The first-order valence-corrected chi connectivity index (χ1v) is 11.3. The lowest BCUT2D eigenvalue weighted by molar-refractivity contribution is -0.112. The van der Waals surface area contributed by atoms with Crippen molar-refractivity contribution in [2.45, 2.75) is 27.4 Å². The minimum Gasteiger partial charge on any atom is -0.489 e. The summed E-state index contributed by atoms with van der Waals surface area (Å²) in [5.74, 6) is 0.771. The SMILES string of the molecule is Cc1ccccc1N1C(=O)/C(=C\c2ccc(OCc3c(C)noc3C)cc2)c2ccccc2C1=O. The lowest BCUT2D eigenvalue weighted by atomic mass is 9.91. The Morgan fingerprint density at radius 2 is 1.54 bits per heavy atom. The van der Waals surface area contributed by atoms with Gasteiger partial charge >= 0.3 is 0 Å². The normalized spacial score (nSPS) is 14.4. The second-order valence-electron chi connectivity index (χ2n) is 8.50. The smallest absolute Gasteiger partial charge is 0.265 e. The average molecular weight is 465 g/mol. The number of benzene rings is 3. The van der Waals surface area contributed by atoms with Crippen LogP contribution < -0.4 is 9.64 Å². The van der Waals surface area contributed by atoms with Crippen molar-refractivity contribution in [1.82, 2.24) is 5.16 Å². The highest BCUT2D eigenvalue weighted by molar-refractivity contribution is 6.43. The number of imide groups is 1. The number of aromatic nitrogens is 1. The predicted molar refractivity (Wildman–Crippen MR) is 134 cm³/mol. The van der Waals surface area contributed by atoms with Crippen molar-refractivity contribution in [2.24, 2.45) is 0 Å². The van der Waals surface area contributed by atoms with Gasteiger partial charge in [0.05, 0.1) is 16.9 Å². The van der Waals surface area contributed by atoms with E-state index in [0.717, 1.165) is 28.1 Å². The summed E-state index contributed by atoms with van der Waals surface area (Å²) >= 11 is 0. The van der Waals surface area contributed by atoms with Crippen molar-refractivity contribution >= 4 is 29.2 Å². The molecule has 6 heteroatoms. The Balaban J connectivity index is 1.47. The van der Waals surface area contributed by atoms with Crippen LogP contribution in [0.4, 0.5) is 5.69 Å². The molecule has 35 heavy (non-hydrogen) atoms. The maximum absolute atomic E-state index is 13.6. The van der Waals surface area contributed by atoms with Gasteiger partial charge in [-0.25, -0.2) is 4.90 Å². The molecule has 1 aromatic heterocycles. The van der Waals surface area contributed by atoms with Gasteiger partial charge < -0.3 is 9.26 Å². The first kappa shape index (κ1) is 22.3. The molecule has 2 amide bonds. The Bertz CT molecular complexity index is 1440. The molecule has 3 aromatic carbocycles. The second-order valence-corrected chi connectivity index (χ2v) is 8.50. The van der Waals surface area contributed by atoms with Crippen molar-refractivity contribution in [1.29, 1.82) is 0 Å². The predicted octanol–water partition coefficient (Wildman–Crippen LogP) is 5.91. The fourth-order valence-corrected chi connectivity index (χ4v) is 4.22. The van der Waals surface area contributed by atoms with E-state index in [2.05, 4.69) is 5.16 Å². The number of nitrogens with zero attached hydrogens (tertiary/aromatic N) is 2. The number of anilines is 1. The number of fused-ring (bicyclic) bond motifs is 1. The Labute approximate surface area is 203 Å². The highest BCUT2D eigenvalue weighted by atomic mass is 16.5. The van der Waals surface area contributed by atoms with E-state index in [9.17, 15) is 9.59 Å². The molecule has 0 bridgehead atoms. The van der Waals surface area contributed by atoms with Gasteiger partial charge in [-0.05, 0) is 67.8 Å². The lowest BCUT2D eigenvalue weighted by Gasteiger charge is -2.29. The van der Waals surface area contributed by atoms with Crippen LogP contribution in [0, 0.1) is 20.8 Å². The summed E-state index contributed by atoms with van der Waals surface area (Å²) in [6.45, 7) is 5.99.